The summed E-state index contributed by atoms with van der Waals surface area (Å²) in [6.45, 7) is 5.48. The number of likely N-dealkylation sites (tertiary alicyclic amines) is 1. The van der Waals surface area contributed by atoms with Gasteiger partial charge in [-0.25, -0.2) is 0 Å². The van der Waals surface area contributed by atoms with Gasteiger partial charge in [-0.2, -0.15) is 0 Å². The minimum absolute atomic E-state index is 0.133. The van der Waals surface area contributed by atoms with Crippen LogP contribution in [0.3, 0.4) is 0 Å². The van der Waals surface area contributed by atoms with Crippen LogP contribution < -0.4 is 10.6 Å². The molecule has 1 aromatic carbocycles. The van der Waals surface area contributed by atoms with Crippen molar-refractivity contribution < 1.29 is 4.79 Å². The molecule has 1 heterocycles. The first kappa shape index (κ1) is 16.6. The summed E-state index contributed by atoms with van der Waals surface area (Å²) in [7, 11) is 0. The molecule has 0 bridgehead atoms. The number of hydrogen-bond acceptors (Lipinski definition) is 3. The Labute approximate surface area is 135 Å². The SMILES string of the molecule is CCN1CCCC1CNCC(=O)Nc1c(Cl)cccc1Cl. The van der Waals surface area contributed by atoms with E-state index in [1.54, 1.807) is 18.2 Å². The van der Waals surface area contributed by atoms with Gasteiger partial charge in [0.25, 0.3) is 0 Å². The first-order chi connectivity index (χ1) is 10.1. The zero-order valence-corrected chi connectivity index (χ0v) is 13.7. The Morgan fingerprint density at radius 1 is 1.38 bits per heavy atom. The number of likely N-dealkylation sites (N-methyl/N-ethyl adjacent to an activating group) is 1. The molecule has 21 heavy (non-hydrogen) atoms. The predicted octanol–water partition coefficient (Wildman–Crippen LogP) is 3.01. The molecule has 1 aliphatic rings. The van der Waals surface area contributed by atoms with Crippen molar-refractivity contribution in [2.45, 2.75) is 25.8 Å². The summed E-state index contributed by atoms with van der Waals surface area (Å²) >= 11 is 12.0. The first-order valence-corrected chi connectivity index (χ1v) is 8.06. The standard InChI is InChI=1S/C15H21Cl2N3O/c1-2-20-8-4-5-11(20)9-18-10-14(21)19-15-12(16)6-3-7-13(15)17/h3,6-7,11,18H,2,4-5,8-10H2,1H3,(H,19,21). The van der Waals surface area contributed by atoms with E-state index in [0.717, 1.165) is 19.6 Å². The van der Waals surface area contributed by atoms with Gasteiger partial charge < -0.3 is 10.6 Å². The number of nitrogens with zero attached hydrogens (tertiary/aromatic N) is 1. The molecule has 6 heteroatoms. The van der Waals surface area contributed by atoms with E-state index < -0.39 is 0 Å². The Hall–Kier alpha value is -0.810. The van der Waals surface area contributed by atoms with E-state index in [1.165, 1.54) is 12.8 Å². The minimum Gasteiger partial charge on any atom is -0.322 e. The molecule has 2 N–H and O–H groups in total. The number of halogens is 2. The second-order valence-corrected chi connectivity index (χ2v) is 6.01. The fourth-order valence-electron chi connectivity index (χ4n) is 2.70. The normalized spacial score (nSPS) is 18.9. The van der Waals surface area contributed by atoms with E-state index >= 15 is 0 Å². The number of anilines is 1. The molecule has 1 atom stereocenters. The molecule has 2 rings (SSSR count). The largest absolute Gasteiger partial charge is 0.322 e. The first-order valence-electron chi connectivity index (χ1n) is 7.30. The van der Waals surface area contributed by atoms with Crippen LogP contribution in [0.4, 0.5) is 5.69 Å². The Kier molecular flexibility index (Phi) is 6.30. The number of carbonyl (C=O) groups is 1. The van der Waals surface area contributed by atoms with Crippen molar-refractivity contribution >= 4 is 34.8 Å². The molecular weight excluding hydrogens is 309 g/mol. The van der Waals surface area contributed by atoms with Crippen molar-refractivity contribution in [2.24, 2.45) is 0 Å². The molecule has 0 aliphatic carbocycles. The maximum absolute atomic E-state index is 11.9. The summed E-state index contributed by atoms with van der Waals surface area (Å²) in [5.41, 5.74) is 0.476. The average Bonchev–Trinajstić information content (AvgIpc) is 2.90. The Morgan fingerprint density at radius 3 is 2.76 bits per heavy atom. The number of nitrogens with one attached hydrogen (secondary N) is 2. The van der Waals surface area contributed by atoms with Gasteiger partial charge in [0.2, 0.25) is 5.91 Å². The van der Waals surface area contributed by atoms with Gasteiger partial charge in [0, 0.05) is 12.6 Å². The van der Waals surface area contributed by atoms with Crippen LogP contribution in [0.25, 0.3) is 0 Å². The van der Waals surface area contributed by atoms with Gasteiger partial charge in [0.15, 0.2) is 0 Å². The molecule has 0 saturated carbocycles. The van der Waals surface area contributed by atoms with E-state index in [0.29, 0.717) is 21.8 Å². The van der Waals surface area contributed by atoms with Gasteiger partial charge in [-0.15, -0.1) is 0 Å². The van der Waals surface area contributed by atoms with Crippen LogP contribution in [-0.4, -0.2) is 43.0 Å². The van der Waals surface area contributed by atoms with Gasteiger partial charge in [-0.3, -0.25) is 9.69 Å². The third-order valence-corrected chi connectivity index (χ3v) is 4.43. The average molecular weight is 330 g/mol. The molecule has 4 nitrogen and oxygen atoms in total. The molecule has 0 aromatic heterocycles. The van der Waals surface area contributed by atoms with Crippen molar-refractivity contribution in [2.75, 3.05) is 31.5 Å². The highest BCUT2D eigenvalue weighted by Crippen LogP contribution is 2.29. The summed E-state index contributed by atoms with van der Waals surface area (Å²) in [6.07, 6.45) is 2.43. The molecule has 1 aliphatic heterocycles. The van der Waals surface area contributed by atoms with Crippen LogP contribution in [0.15, 0.2) is 18.2 Å². The maximum Gasteiger partial charge on any atom is 0.238 e. The topological polar surface area (TPSA) is 44.4 Å². The zero-order chi connectivity index (χ0) is 15.2. The Bertz CT molecular complexity index is 476. The molecule has 0 radical (unpaired) electrons. The van der Waals surface area contributed by atoms with E-state index in [9.17, 15) is 4.79 Å². The van der Waals surface area contributed by atoms with Crippen molar-refractivity contribution in [3.05, 3.63) is 28.2 Å². The molecule has 1 fully saturated rings. The third-order valence-electron chi connectivity index (χ3n) is 3.80. The summed E-state index contributed by atoms with van der Waals surface area (Å²) < 4.78 is 0. The predicted molar refractivity (Wildman–Crippen MR) is 88.2 cm³/mol. The number of carbonyl (C=O) groups excluding carboxylic acids is 1. The van der Waals surface area contributed by atoms with Gasteiger partial charge in [0.1, 0.15) is 0 Å². The van der Waals surface area contributed by atoms with Crippen LogP contribution in [0.1, 0.15) is 19.8 Å². The fraction of sp³-hybridized carbons (Fsp3) is 0.533. The Morgan fingerprint density at radius 2 is 2.10 bits per heavy atom. The zero-order valence-electron chi connectivity index (χ0n) is 12.2. The number of rotatable bonds is 6. The van der Waals surface area contributed by atoms with Crippen LogP contribution in [0.2, 0.25) is 10.0 Å². The second-order valence-electron chi connectivity index (χ2n) is 5.20. The third kappa shape index (κ3) is 4.58. The maximum atomic E-state index is 11.9. The lowest BCUT2D eigenvalue weighted by molar-refractivity contribution is -0.115. The number of benzene rings is 1. The highest BCUT2D eigenvalue weighted by molar-refractivity contribution is 6.39. The lowest BCUT2D eigenvalue weighted by Gasteiger charge is -2.22. The minimum atomic E-state index is -0.133. The van der Waals surface area contributed by atoms with E-state index in [-0.39, 0.29) is 12.5 Å². The number of para-hydroxylation sites is 1. The molecule has 0 spiro atoms. The quantitative estimate of drug-likeness (QED) is 0.843. The summed E-state index contributed by atoms with van der Waals surface area (Å²) in [5, 5.41) is 6.86. The molecule has 1 aromatic rings. The van der Waals surface area contributed by atoms with Crippen molar-refractivity contribution in [1.82, 2.24) is 10.2 Å². The highest BCUT2D eigenvalue weighted by Gasteiger charge is 2.22. The summed E-state index contributed by atoms with van der Waals surface area (Å²) in [5.74, 6) is -0.133. The van der Waals surface area contributed by atoms with Crippen LogP contribution >= 0.6 is 23.2 Å². The molecular formula is C15H21Cl2N3O. The summed E-state index contributed by atoms with van der Waals surface area (Å²) in [4.78, 5) is 14.4. The van der Waals surface area contributed by atoms with Gasteiger partial charge in [-0.05, 0) is 38.1 Å². The van der Waals surface area contributed by atoms with Crippen molar-refractivity contribution in [3.63, 3.8) is 0 Å². The molecule has 1 unspecified atom stereocenters. The van der Waals surface area contributed by atoms with Gasteiger partial charge in [-0.1, -0.05) is 36.2 Å². The monoisotopic (exact) mass is 329 g/mol. The van der Waals surface area contributed by atoms with Crippen LogP contribution in [0.5, 0.6) is 0 Å². The van der Waals surface area contributed by atoms with Crippen LogP contribution in [0, 0.1) is 0 Å². The van der Waals surface area contributed by atoms with E-state index in [2.05, 4.69) is 22.5 Å². The fourth-order valence-corrected chi connectivity index (χ4v) is 3.19. The highest BCUT2D eigenvalue weighted by atomic mass is 35.5. The Balaban J connectivity index is 1.77. The lowest BCUT2D eigenvalue weighted by Crippen LogP contribution is -2.40. The van der Waals surface area contributed by atoms with Gasteiger partial charge >= 0.3 is 0 Å². The molecule has 1 saturated heterocycles. The lowest BCUT2D eigenvalue weighted by atomic mass is 10.2. The van der Waals surface area contributed by atoms with E-state index in [1.807, 2.05) is 0 Å². The van der Waals surface area contributed by atoms with E-state index in [4.69, 9.17) is 23.2 Å². The second kappa shape index (κ2) is 7.99. The smallest absolute Gasteiger partial charge is 0.238 e. The molecule has 116 valence electrons. The van der Waals surface area contributed by atoms with Gasteiger partial charge in [0.05, 0.1) is 22.3 Å². The molecule has 1 amide bonds. The van der Waals surface area contributed by atoms with Crippen LogP contribution in [-0.2, 0) is 4.79 Å². The van der Waals surface area contributed by atoms with Crippen molar-refractivity contribution in [1.29, 1.82) is 0 Å². The summed E-state index contributed by atoms with van der Waals surface area (Å²) in [6, 6.07) is 5.69. The van der Waals surface area contributed by atoms with Crippen molar-refractivity contribution in [3.8, 4) is 0 Å². The number of hydrogen-bond donors (Lipinski definition) is 2. The number of amides is 1.